The average molecular weight is 514 g/mol. The first-order valence-electron chi connectivity index (χ1n) is 11.3. The maximum atomic E-state index is 14.5. The van der Waals surface area contributed by atoms with Crippen LogP contribution in [0.3, 0.4) is 0 Å². The third-order valence-electron chi connectivity index (χ3n) is 6.00. The second-order valence-electron chi connectivity index (χ2n) is 8.67. The number of halogens is 1. The number of rotatable bonds is 6. The lowest BCUT2D eigenvalue weighted by molar-refractivity contribution is 0.586. The van der Waals surface area contributed by atoms with Crippen molar-refractivity contribution >= 4 is 31.8 Å². The molecule has 11 heteroatoms. The highest BCUT2D eigenvalue weighted by Crippen LogP contribution is 2.35. The van der Waals surface area contributed by atoms with Gasteiger partial charge in [-0.2, -0.15) is 5.10 Å². The van der Waals surface area contributed by atoms with Crippen LogP contribution in [0.25, 0.3) is 55.7 Å². The molecule has 0 amide bonds. The molecule has 2 aromatic carbocycles. The largest absolute Gasteiger partial charge is 0.353 e. The molecule has 4 heterocycles. The van der Waals surface area contributed by atoms with Gasteiger partial charge in [-0.25, -0.2) is 17.5 Å². The van der Waals surface area contributed by atoms with Crippen LogP contribution in [0.4, 0.5) is 4.39 Å². The molecule has 6 rings (SSSR count). The fourth-order valence-corrected chi connectivity index (χ4v) is 4.78. The first kappa shape index (κ1) is 23.0. The van der Waals surface area contributed by atoms with Gasteiger partial charge in [0.1, 0.15) is 17.2 Å². The topological polar surface area (TPSA) is 129 Å². The van der Waals surface area contributed by atoms with E-state index in [9.17, 15) is 12.8 Å². The predicted molar refractivity (Wildman–Crippen MR) is 139 cm³/mol. The standard InChI is InChI=1S/C26H20FN7O2S/c1-37(35,36)31-12-15-7-16(9-17(27)8-15)18-3-2-4-21-19(18)10-23(32-21)26-20-11-22(25-13-28-5-6-29-25)30-14-24(20)33-34-26/h2-11,13-14,31-32H,12H2,1H3,(H,33,34). The molecular weight excluding hydrogens is 493 g/mol. The third-order valence-corrected chi connectivity index (χ3v) is 6.67. The van der Waals surface area contributed by atoms with E-state index in [1.165, 1.54) is 12.1 Å². The fourth-order valence-electron chi connectivity index (χ4n) is 4.35. The fraction of sp³-hybridized carbons (Fsp3) is 0.0769. The van der Waals surface area contributed by atoms with Gasteiger partial charge in [-0.05, 0) is 53.1 Å². The maximum Gasteiger partial charge on any atom is 0.209 e. The Kier molecular flexibility index (Phi) is 5.50. The number of aromatic amines is 2. The smallest absolute Gasteiger partial charge is 0.209 e. The number of sulfonamides is 1. The maximum absolute atomic E-state index is 14.5. The van der Waals surface area contributed by atoms with Crippen LogP contribution in [0, 0.1) is 5.82 Å². The van der Waals surface area contributed by atoms with Crippen molar-refractivity contribution < 1.29 is 12.8 Å². The number of nitrogens with one attached hydrogen (secondary N) is 3. The highest BCUT2D eigenvalue weighted by Gasteiger charge is 2.16. The highest BCUT2D eigenvalue weighted by molar-refractivity contribution is 7.88. The van der Waals surface area contributed by atoms with E-state index in [1.807, 2.05) is 30.3 Å². The molecule has 6 aromatic rings. The Balaban J connectivity index is 1.44. The number of aromatic nitrogens is 6. The summed E-state index contributed by atoms with van der Waals surface area (Å²) in [5.41, 5.74) is 6.42. The summed E-state index contributed by atoms with van der Waals surface area (Å²) in [5.74, 6) is -0.446. The van der Waals surface area contributed by atoms with E-state index in [0.29, 0.717) is 28.2 Å². The zero-order valence-electron chi connectivity index (χ0n) is 19.5. The lowest BCUT2D eigenvalue weighted by atomic mass is 9.99. The van der Waals surface area contributed by atoms with Gasteiger partial charge in [0.25, 0.3) is 0 Å². The molecule has 37 heavy (non-hydrogen) atoms. The minimum absolute atomic E-state index is 0.000619. The summed E-state index contributed by atoms with van der Waals surface area (Å²) in [6.07, 6.45) is 7.66. The Morgan fingerprint density at radius 3 is 2.65 bits per heavy atom. The lowest BCUT2D eigenvalue weighted by Crippen LogP contribution is -2.21. The lowest BCUT2D eigenvalue weighted by Gasteiger charge is -2.08. The van der Waals surface area contributed by atoms with Crippen LogP contribution in [0.5, 0.6) is 0 Å². The predicted octanol–water partition coefficient (Wildman–Crippen LogP) is 4.42. The van der Waals surface area contributed by atoms with E-state index in [0.717, 1.165) is 39.3 Å². The molecule has 0 fully saturated rings. The van der Waals surface area contributed by atoms with E-state index >= 15 is 0 Å². The monoisotopic (exact) mass is 513 g/mol. The van der Waals surface area contributed by atoms with Gasteiger partial charge in [-0.15, -0.1) is 0 Å². The molecule has 184 valence electrons. The van der Waals surface area contributed by atoms with Crippen molar-refractivity contribution in [3.63, 3.8) is 0 Å². The molecule has 0 aliphatic heterocycles. The number of nitrogens with zero attached hydrogens (tertiary/aromatic N) is 4. The van der Waals surface area contributed by atoms with Gasteiger partial charge in [0, 0.05) is 35.2 Å². The number of benzene rings is 2. The second kappa shape index (κ2) is 8.87. The molecule has 0 unspecified atom stereocenters. The van der Waals surface area contributed by atoms with Gasteiger partial charge in [0.15, 0.2) is 0 Å². The summed E-state index contributed by atoms with van der Waals surface area (Å²) in [6, 6.07) is 14.2. The Morgan fingerprint density at radius 1 is 0.946 bits per heavy atom. The molecule has 0 atom stereocenters. The van der Waals surface area contributed by atoms with Crippen molar-refractivity contribution in [1.29, 1.82) is 0 Å². The average Bonchev–Trinajstić information content (AvgIpc) is 3.51. The minimum atomic E-state index is -3.41. The summed E-state index contributed by atoms with van der Waals surface area (Å²) in [4.78, 5) is 16.3. The Hall–Kier alpha value is -4.48. The normalized spacial score (nSPS) is 11.9. The van der Waals surface area contributed by atoms with Crippen molar-refractivity contribution in [2.24, 2.45) is 0 Å². The van der Waals surface area contributed by atoms with Crippen molar-refractivity contribution in [2.45, 2.75) is 6.54 Å². The van der Waals surface area contributed by atoms with Crippen LogP contribution in [0.2, 0.25) is 0 Å². The molecule has 4 aromatic heterocycles. The Bertz CT molecular complexity index is 1880. The number of H-pyrrole nitrogens is 2. The number of hydrogen-bond acceptors (Lipinski definition) is 6. The summed E-state index contributed by atoms with van der Waals surface area (Å²) >= 11 is 0. The van der Waals surface area contributed by atoms with Gasteiger partial charge in [0.2, 0.25) is 10.0 Å². The van der Waals surface area contributed by atoms with Crippen molar-refractivity contribution in [3.05, 3.63) is 84.7 Å². The minimum Gasteiger partial charge on any atom is -0.353 e. The third kappa shape index (κ3) is 4.57. The molecule has 0 saturated carbocycles. The molecule has 0 saturated heterocycles. The summed E-state index contributed by atoms with van der Waals surface area (Å²) < 4.78 is 39.9. The molecule has 0 aliphatic carbocycles. The van der Waals surface area contributed by atoms with Crippen molar-refractivity contribution in [3.8, 4) is 33.9 Å². The van der Waals surface area contributed by atoms with E-state index in [2.05, 4.69) is 34.9 Å². The van der Waals surface area contributed by atoms with Crippen molar-refractivity contribution in [1.82, 2.24) is 34.9 Å². The van der Waals surface area contributed by atoms with Crippen LogP contribution in [-0.4, -0.2) is 44.8 Å². The Morgan fingerprint density at radius 2 is 1.84 bits per heavy atom. The van der Waals surface area contributed by atoms with Crippen LogP contribution in [0.15, 0.2) is 73.3 Å². The van der Waals surface area contributed by atoms with E-state index < -0.39 is 15.8 Å². The van der Waals surface area contributed by atoms with Crippen LogP contribution in [0.1, 0.15) is 5.56 Å². The summed E-state index contributed by atoms with van der Waals surface area (Å²) in [6.45, 7) is -0.000619. The highest BCUT2D eigenvalue weighted by atomic mass is 32.2. The zero-order chi connectivity index (χ0) is 25.6. The quantitative estimate of drug-likeness (QED) is 0.302. The summed E-state index contributed by atoms with van der Waals surface area (Å²) in [7, 11) is -3.41. The van der Waals surface area contributed by atoms with Gasteiger partial charge < -0.3 is 4.98 Å². The molecule has 3 N–H and O–H groups in total. The molecule has 0 aliphatic rings. The number of pyridine rings is 1. The van der Waals surface area contributed by atoms with Crippen LogP contribution < -0.4 is 4.72 Å². The molecule has 0 spiro atoms. The van der Waals surface area contributed by atoms with Crippen LogP contribution >= 0.6 is 0 Å². The van der Waals surface area contributed by atoms with Crippen molar-refractivity contribution in [2.75, 3.05) is 6.26 Å². The molecule has 9 nitrogen and oxygen atoms in total. The van der Waals surface area contributed by atoms with E-state index in [-0.39, 0.29) is 6.54 Å². The van der Waals surface area contributed by atoms with E-state index in [4.69, 9.17) is 0 Å². The zero-order valence-corrected chi connectivity index (χ0v) is 20.3. The first-order valence-corrected chi connectivity index (χ1v) is 13.2. The number of hydrogen-bond donors (Lipinski definition) is 3. The molecule has 0 bridgehead atoms. The molecular formula is C26H20FN7O2S. The second-order valence-corrected chi connectivity index (χ2v) is 10.5. The SMILES string of the molecule is CS(=O)(=O)NCc1cc(F)cc(-c2cccc3[nH]c(-c4n[nH]c5cnc(-c6cnccn6)cc45)cc23)c1. The van der Waals surface area contributed by atoms with Crippen LogP contribution in [-0.2, 0) is 16.6 Å². The van der Waals surface area contributed by atoms with Gasteiger partial charge in [-0.1, -0.05) is 12.1 Å². The number of fused-ring (bicyclic) bond motifs is 2. The van der Waals surface area contributed by atoms with Gasteiger partial charge >= 0.3 is 0 Å². The molecule has 0 radical (unpaired) electrons. The van der Waals surface area contributed by atoms with E-state index in [1.54, 1.807) is 30.9 Å². The van der Waals surface area contributed by atoms with Gasteiger partial charge in [0.05, 0.1) is 35.6 Å². The summed E-state index contributed by atoms with van der Waals surface area (Å²) in [5, 5.41) is 9.28. The first-order chi connectivity index (χ1) is 17.8. The van der Waals surface area contributed by atoms with Gasteiger partial charge in [-0.3, -0.25) is 20.1 Å². The Labute approximate surface area is 210 Å².